The summed E-state index contributed by atoms with van der Waals surface area (Å²) < 4.78 is 10.5. The third kappa shape index (κ3) is 5.86. The van der Waals surface area contributed by atoms with E-state index in [0.29, 0.717) is 22.7 Å². The van der Waals surface area contributed by atoms with Crippen molar-refractivity contribution in [2.24, 2.45) is 0 Å². The van der Waals surface area contributed by atoms with Gasteiger partial charge in [-0.1, -0.05) is 25.3 Å². The zero-order valence-electron chi connectivity index (χ0n) is 17.4. The van der Waals surface area contributed by atoms with Gasteiger partial charge in [0.15, 0.2) is 11.5 Å². The fraction of sp³-hybridized carbons (Fsp3) is 0.333. The van der Waals surface area contributed by atoms with Crippen molar-refractivity contribution in [3.8, 4) is 11.5 Å². The quantitative estimate of drug-likeness (QED) is 0.665. The molecule has 0 aliphatic heterocycles. The number of rotatable bonds is 7. The van der Waals surface area contributed by atoms with Gasteiger partial charge in [-0.05, 0) is 60.9 Å². The fourth-order valence-corrected chi connectivity index (χ4v) is 3.53. The van der Waals surface area contributed by atoms with Gasteiger partial charge in [-0.3, -0.25) is 9.59 Å². The van der Waals surface area contributed by atoms with Crippen molar-refractivity contribution in [3.05, 3.63) is 59.7 Å². The smallest absolute Gasteiger partial charge is 0.251 e. The Morgan fingerprint density at radius 2 is 1.63 bits per heavy atom. The van der Waals surface area contributed by atoms with Crippen LogP contribution >= 0.6 is 0 Å². The number of ether oxygens (including phenoxy) is 2. The number of benzene rings is 2. The van der Waals surface area contributed by atoms with E-state index in [9.17, 15) is 9.59 Å². The van der Waals surface area contributed by atoms with E-state index in [0.717, 1.165) is 18.4 Å². The van der Waals surface area contributed by atoms with Gasteiger partial charge in [0, 0.05) is 23.4 Å². The third-order valence-corrected chi connectivity index (χ3v) is 5.19. The van der Waals surface area contributed by atoms with E-state index in [2.05, 4.69) is 10.6 Å². The Morgan fingerprint density at radius 1 is 0.933 bits per heavy atom. The van der Waals surface area contributed by atoms with Gasteiger partial charge in [-0.25, -0.2) is 0 Å². The average molecular weight is 408 g/mol. The highest BCUT2D eigenvalue weighted by Crippen LogP contribution is 2.28. The highest BCUT2D eigenvalue weighted by Gasteiger charge is 2.16. The maximum Gasteiger partial charge on any atom is 0.251 e. The number of amides is 2. The lowest BCUT2D eigenvalue weighted by Gasteiger charge is -2.22. The molecule has 6 heteroatoms. The summed E-state index contributed by atoms with van der Waals surface area (Å²) in [7, 11) is 3.14. The molecule has 2 amide bonds. The summed E-state index contributed by atoms with van der Waals surface area (Å²) >= 11 is 0. The number of methoxy groups -OCH3 is 2. The van der Waals surface area contributed by atoms with Crippen LogP contribution in [-0.2, 0) is 4.79 Å². The summed E-state index contributed by atoms with van der Waals surface area (Å²) in [4.78, 5) is 24.6. The number of hydrogen-bond donors (Lipinski definition) is 2. The molecule has 0 unspecified atom stereocenters. The molecule has 0 radical (unpaired) electrons. The Kier molecular flexibility index (Phi) is 7.49. The molecule has 1 aliphatic carbocycles. The van der Waals surface area contributed by atoms with Gasteiger partial charge in [0.2, 0.25) is 5.91 Å². The average Bonchev–Trinajstić information content (AvgIpc) is 2.78. The number of hydrogen-bond acceptors (Lipinski definition) is 4. The summed E-state index contributed by atoms with van der Waals surface area (Å²) in [6.45, 7) is 0. The molecular formula is C24H28N2O4. The minimum atomic E-state index is -0.260. The van der Waals surface area contributed by atoms with Crippen LogP contribution in [0.3, 0.4) is 0 Å². The minimum absolute atomic E-state index is 0.0619. The van der Waals surface area contributed by atoms with Gasteiger partial charge in [-0.15, -0.1) is 0 Å². The SMILES string of the molecule is COc1ccc(/C=C/C(=O)Nc2ccc(C(=O)NC3CCCCC3)cc2)cc1OC. The Bertz CT molecular complexity index is 900. The molecule has 1 saturated carbocycles. The Labute approximate surface area is 177 Å². The second kappa shape index (κ2) is 10.5. The number of nitrogens with one attached hydrogen (secondary N) is 2. The largest absolute Gasteiger partial charge is 0.493 e. The van der Waals surface area contributed by atoms with Crippen LogP contribution in [-0.4, -0.2) is 32.1 Å². The molecule has 0 spiro atoms. The molecule has 0 atom stereocenters. The van der Waals surface area contributed by atoms with E-state index in [1.54, 1.807) is 56.7 Å². The van der Waals surface area contributed by atoms with E-state index < -0.39 is 0 Å². The number of carbonyl (C=O) groups is 2. The van der Waals surface area contributed by atoms with Gasteiger partial charge in [0.1, 0.15) is 0 Å². The molecule has 2 aromatic carbocycles. The molecule has 1 aliphatic rings. The van der Waals surface area contributed by atoms with Crippen molar-refractivity contribution < 1.29 is 19.1 Å². The van der Waals surface area contributed by atoms with Crippen LogP contribution in [0.4, 0.5) is 5.69 Å². The van der Waals surface area contributed by atoms with Crippen molar-refractivity contribution in [3.63, 3.8) is 0 Å². The second-order valence-corrected chi connectivity index (χ2v) is 7.32. The lowest BCUT2D eigenvalue weighted by atomic mass is 9.95. The first-order valence-corrected chi connectivity index (χ1v) is 10.2. The maximum atomic E-state index is 12.4. The predicted molar refractivity (Wildman–Crippen MR) is 118 cm³/mol. The predicted octanol–water partition coefficient (Wildman–Crippen LogP) is 4.42. The van der Waals surface area contributed by atoms with E-state index in [1.165, 1.54) is 25.3 Å². The second-order valence-electron chi connectivity index (χ2n) is 7.32. The summed E-state index contributed by atoms with van der Waals surface area (Å²) in [6.07, 6.45) is 8.84. The Morgan fingerprint density at radius 3 is 2.30 bits per heavy atom. The van der Waals surface area contributed by atoms with Gasteiger partial charge >= 0.3 is 0 Å². The summed E-state index contributed by atoms with van der Waals surface area (Å²) in [5, 5.41) is 5.89. The minimum Gasteiger partial charge on any atom is -0.493 e. The van der Waals surface area contributed by atoms with Crippen molar-refractivity contribution in [1.29, 1.82) is 0 Å². The van der Waals surface area contributed by atoms with Crippen LogP contribution < -0.4 is 20.1 Å². The van der Waals surface area contributed by atoms with Crippen LogP contribution in [0.1, 0.15) is 48.0 Å². The molecule has 2 N–H and O–H groups in total. The molecule has 0 bridgehead atoms. The Hall–Kier alpha value is -3.28. The third-order valence-electron chi connectivity index (χ3n) is 5.19. The molecule has 2 aromatic rings. The molecule has 6 nitrogen and oxygen atoms in total. The number of carbonyl (C=O) groups excluding carboxylic acids is 2. The molecule has 0 heterocycles. The van der Waals surface area contributed by atoms with E-state index in [-0.39, 0.29) is 17.9 Å². The molecule has 0 saturated heterocycles. The maximum absolute atomic E-state index is 12.4. The zero-order chi connectivity index (χ0) is 21.3. The summed E-state index contributed by atoms with van der Waals surface area (Å²) in [6, 6.07) is 12.6. The van der Waals surface area contributed by atoms with Crippen molar-refractivity contribution >= 4 is 23.6 Å². The topological polar surface area (TPSA) is 76.7 Å². The van der Waals surface area contributed by atoms with Crippen LogP contribution in [0.2, 0.25) is 0 Å². The zero-order valence-corrected chi connectivity index (χ0v) is 17.4. The van der Waals surface area contributed by atoms with Gasteiger partial charge < -0.3 is 20.1 Å². The van der Waals surface area contributed by atoms with E-state index in [1.807, 2.05) is 6.07 Å². The van der Waals surface area contributed by atoms with Crippen LogP contribution in [0, 0.1) is 0 Å². The first-order chi connectivity index (χ1) is 14.6. The van der Waals surface area contributed by atoms with Gasteiger partial charge in [-0.2, -0.15) is 0 Å². The molecule has 158 valence electrons. The lowest BCUT2D eigenvalue weighted by Crippen LogP contribution is -2.36. The van der Waals surface area contributed by atoms with Gasteiger partial charge in [0.25, 0.3) is 5.91 Å². The first kappa shape index (κ1) is 21.4. The van der Waals surface area contributed by atoms with Crippen LogP contribution in [0.15, 0.2) is 48.5 Å². The van der Waals surface area contributed by atoms with Gasteiger partial charge in [0.05, 0.1) is 14.2 Å². The van der Waals surface area contributed by atoms with Crippen molar-refractivity contribution in [2.45, 2.75) is 38.1 Å². The summed E-state index contributed by atoms with van der Waals surface area (Å²) in [5.41, 5.74) is 2.04. The van der Waals surface area contributed by atoms with E-state index in [4.69, 9.17) is 9.47 Å². The molecular weight excluding hydrogens is 380 g/mol. The fourth-order valence-electron chi connectivity index (χ4n) is 3.53. The first-order valence-electron chi connectivity index (χ1n) is 10.2. The molecule has 0 aromatic heterocycles. The molecule has 30 heavy (non-hydrogen) atoms. The standard InChI is InChI=1S/C24H28N2O4/c1-29-21-14-8-17(16-22(21)30-2)9-15-23(27)25-20-12-10-18(11-13-20)24(28)26-19-6-4-3-5-7-19/h8-16,19H,3-7H2,1-2H3,(H,25,27)(H,26,28)/b15-9+. The van der Waals surface area contributed by atoms with Crippen molar-refractivity contribution in [1.82, 2.24) is 5.32 Å². The monoisotopic (exact) mass is 408 g/mol. The van der Waals surface area contributed by atoms with Crippen LogP contribution in [0.25, 0.3) is 6.08 Å². The lowest BCUT2D eigenvalue weighted by molar-refractivity contribution is -0.111. The molecule has 1 fully saturated rings. The molecule has 3 rings (SSSR count). The number of anilines is 1. The highest BCUT2D eigenvalue weighted by atomic mass is 16.5. The Balaban J connectivity index is 1.55. The van der Waals surface area contributed by atoms with E-state index >= 15 is 0 Å². The normalized spacial score (nSPS) is 14.3. The van der Waals surface area contributed by atoms with Crippen LogP contribution in [0.5, 0.6) is 11.5 Å². The highest BCUT2D eigenvalue weighted by molar-refractivity contribution is 6.02. The summed E-state index contributed by atoms with van der Waals surface area (Å²) in [5.74, 6) is 0.909. The van der Waals surface area contributed by atoms with Crippen molar-refractivity contribution in [2.75, 3.05) is 19.5 Å².